The molecule has 106 valence electrons. The van der Waals surface area contributed by atoms with Crippen LogP contribution in [-0.4, -0.2) is 16.1 Å². The first-order valence-corrected chi connectivity index (χ1v) is 6.66. The average Bonchev–Trinajstić information content (AvgIpc) is 2.43. The summed E-state index contributed by atoms with van der Waals surface area (Å²) in [7, 11) is 0. The standard InChI is InChI=1S/C15H20N4O/c1-10(2)20-15-13(16)4-5-14(19-15)18-11(3)12-6-8-17-9-7-12/h4-11H,16H2,1-3H3,(H,18,19). The molecule has 0 aliphatic heterocycles. The average molecular weight is 272 g/mol. The van der Waals surface area contributed by atoms with Crippen molar-refractivity contribution in [2.24, 2.45) is 0 Å². The minimum Gasteiger partial charge on any atom is -0.473 e. The molecule has 1 atom stereocenters. The number of nitrogen functional groups attached to an aromatic ring is 1. The van der Waals surface area contributed by atoms with Gasteiger partial charge in [0.2, 0.25) is 5.88 Å². The molecule has 1 unspecified atom stereocenters. The quantitative estimate of drug-likeness (QED) is 0.875. The van der Waals surface area contributed by atoms with Crippen LogP contribution in [0.15, 0.2) is 36.7 Å². The zero-order chi connectivity index (χ0) is 14.5. The van der Waals surface area contributed by atoms with Crippen LogP contribution < -0.4 is 15.8 Å². The van der Waals surface area contributed by atoms with Gasteiger partial charge in [-0.25, -0.2) is 0 Å². The molecular weight excluding hydrogens is 252 g/mol. The summed E-state index contributed by atoms with van der Waals surface area (Å²) < 4.78 is 5.59. The van der Waals surface area contributed by atoms with Crippen LogP contribution in [0.2, 0.25) is 0 Å². The Hall–Kier alpha value is -2.30. The predicted molar refractivity (Wildman–Crippen MR) is 80.7 cm³/mol. The van der Waals surface area contributed by atoms with Gasteiger partial charge in [0.1, 0.15) is 5.82 Å². The maximum absolute atomic E-state index is 5.86. The number of ether oxygens (including phenoxy) is 1. The van der Waals surface area contributed by atoms with Gasteiger partial charge < -0.3 is 15.8 Å². The highest BCUT2D eigenvalue weighted by Crippen LogP contribution is 2.24. The minimum absolute atomic E-state index is 0.0395. The van der Waals surface area contributed by atoms with Gasteiger partial charge in [0.05, 0.1) is 17.8 Å². The Bertz CT molecular complexity index is 557. The number of nitrogens with zero attached hydrogens (tertiary/aromatic N) is 2. The molecule has 0 saturated carbocycles. The molecule has 0 amide bonds. The Morgan fingerprint density at radius 2 is 1.80 bits per heavy atom. The second-order valence-corrected chi connectivity index (χ2v) is 4.90. The van der Waals surface area contributed by atoms with E-state index in [-0.39, 0.29) is 12.1 Å². The number of pyridine rings is 2. The molecule has 20 heavy (non-hydrogen) atoms. The number of rotatable bonds is 5. The second kappa shape index (κ2) is 6.23. The number of nitrogens with one attached hydrogen (secondary N) is 1. The topological polar surface area (TPSA) is 73.1 Å². The van der Waals surface area contributed by atoms with Crippen molar-refractivity contribution in [2.75, 3.05) is 11.1 Å². The molecule has 2 rings (SSSR count). The fraction of sp³-hybridized carbons (Fsp3) is 0.333. The van der Waals surface area contributed by atoms with Crippen molar-refractivity contribution < 1.29 is 4.74 Å². The van der Waals surface area contributed by atoms with E-state index in [0.717, 1.165) is 11.4 Å². The smallest absolute Gasteiger partial charge is 0.239 e. The van der Waals surface area contributed by atoms with Crippen LogP contribution in [-0.2, 0) is 0 Å². The Balaban J connectivity index is 2.13. The normalized spacial score (nSPS) is 12.2. The molecule has 2 aromatic heterocycles. The number of nitrogens with two attached hydrogens (primary N) is 1. The van der Waals surface area contributed by atoms with Crippen molar-refractivity contribution >= 4 is 11.5 Å². The lowest BCUT2D eigenvalue weighted by Gasteiger charge is -2.17. The zero-order valence-electron chi connectivity index (χ0n) is 12.0. The SMILES string of the molecule is CC(C)Oc1nc(NC(C)c2ccncc2)ccc1N. The van der Waals surface area contributed by atoms with Gasteiger partial charge >= 0.3 is 0 Å². The molecule has 2 heterocycles. The number of anilines is 2. The summed E-state index contributed by atoms with van der Waals surface area (Å²) in [4.78, 5) is 8.42. The summed E-state index contributed by atoms with van der Waals surface area (Å²) in [6, 6.07) is 7.72. The van der Waals surface area contributed by atoms with E-state index in [1.54, 1.807) is 18.5 Å². The molecule has 0 aromatic carbocycles. The Kier molecular flexibility index (Phi) is 4.40. The van der Waals surface area contributed by atoms with E-state index in [1.807, 2.05) is 32.0 Å². The van der Waals surface area contributed by atoms with Gasteiger partial charge in [-0.2, -0.15) is 4.98 Å². The van der Waals surface area contributed by atoms with E-state index in [1.165, 1.54) is 0 Å². The maximum atomic E-state index is 5.86. The van der Waals surface area contributed by atoms with Gasteiger partial charge in [0.15, 0.2) is 0 Å². The van der Waals surface area contributed by atoms with E-state index < -0.39 is 0 Å². The zero-order valence-corrected chi connectivity index (χ0v) is 12.0. The highest BCUT2D eigenvalue weighted by Gasteiger charge is 2.09. The van der Waals surface area contributed by atoms with Crippen LogP contribution in [0, 0.1) is 0 Å². The number of hydrogen-bond acceptors (Lipinski definition) is 5. The third-order valence-electron chi connectivity index (χ3n) is 2.81. The van der Waals surface area contributed by atoms with E-state index in [0.29, 0.717) is 11.6 Å². The summed E-state index contributed by atoms with van der Waals surface area (Å²) in [6.07, 6.45) is 3.59. The van der Waals surface area contributed by atoms with E-state index in [9.17, 15) is 0 Å². The van der Waals surface area contributed by atoms with Crippen LogP contribution in [0.3, 0.4) is 0 Å². The van der Waals surface area contributed by atoms with Crippen molar-refractivity contribution in [3.63, 3.8) is 0 Å². The van der Waals surface area contributed by atoms with Crippen molar-refractivity contribution in [2.45, 2.75) is 32.9 Å². The lowest BCUT2D eigenvalue weighted by atomic mass is 10.1. The second-order valence-electron chi connectivity index (χ2n) is 4.90. The van der Waals surface area contributed by atoms with E-state index >= 15 is 0 Å². The van der Waals surface area contributed by atoms with Gasteiger partial charge in [-0.1, -0.05) is 0 Å². The van der Waals surface area contributed by atoms with Gasteiger partial charge in [-0.3, -0.25) is 4.98 Å². The third-order valence-corrected chi connectivity index (χ3v) is 2.81. The molecular formula is C15H20N4O. The summed E-state index contributed by atoms with van der Waals surface area (Å²) in [5, 5.41) is 3.32. The summed E-state index contributed by atoms with van der Waals surface area (Å²) in [5.41, 5.74) is 7.54. The van der Waals surface area contributed by atoms with Crippen molar-refractivity contribution in [3.8, 4) is 5.88 Å². The van der Waals surface area contributed by atoms with Gasteiger partial charge in [-0.15, -0.1) is 0 Å². The lowest BCUT2D eigenvalue weighted by molar-refractivity contribution is 0.234. The monoisotopic (exact) mass is 272 g/mol. The Morgan fingerprint density at radius 3 is 2.45 bits per heavy atom. The van der Waals surface area contributed by atoms with Gasteiger partial charge in [0, 0.05) is 12.4 Å². The number of aromatic nitrogens is 2. The molecule has 0 radical (unpaired) electrons. The van der Waals surface area contributed by atoms with Crippen molar-refractivity contribution in [1.82, 2.24) is 9.97 Å². The summed E-state index contributed by atoms with van der Waals surface area (Å²) in [5.74, 6) is 1.20. The fourth-order valence-electron chi connectivity index (χ4n) is 1.81. The molecule has 0 fully saturated rings. The predicted octanol–water partition coefficient (Wildman–Crippen LogP) is 3.02. The van der Waals surface area contributed by atoms with Crippen molar-refractivity contribution in [1.29, 1.82) is 0 Å². The van der Waals surface area contributed by atoms with E-state index in [4.69, 9.17) is 10.5 Å². The maximum Gasteiger partial charge on any atom is 0.239 e. The highest BCUT2D eigenvalue weighted by molar-refractivity contribution is 5.54. The first kappa shape index (κ1) is 14.1. The van der Waals surface area contributed by atoms with Gasteiger partial charge in [0.25, 0.3) is 0 Å². The van der Waals surface area contributed by atoms with Crippen LogP contribution in [0.1, 0.15) is 32.4 Å². The van der Waals surface area contributed by atoms with Crippen LogP contribution in [0.4, 0.5) is 11.5 Å². The largest absolute Gasteiger partial charge is 0.473 e. The van der Waals surface area contributed by atoms with Crippen LogP contribution >= 0.6 is 0 Å². The molecule has 0 aliphatic carbocycles. The first-order valence-electron chi connectivity index (χ1n) is 6.66. The molecule has 0 spiro atoms. The van der Waals surface area contributed by atoms with Crippen molar-refractivity contribution in [3.05, 3.63) is 42.2 Å². The molecule has 0 bridgehead atoms. The van der Waals surface area contributed by atoms with E-state index in [2.05, 4.69) is 22.2 Å². The van der Waals surface area contributed by atoms with Crippen LogP contribution in [0.25, 0.3) is 0 Å². The first-order chi connectivity index (χ1) is 9.56. The molecule has 0 saturated heterocycles. The van der Waals surface area contributed by atoms with Crippen LogP contribution in [0.5, 0.6) is 5.88 Å². The molecule has 3 N–H and O–H groups in total. The highest BCUT2D eigenvalue weighted by atomic mass is 16.5. The lowest BCUT2D eigenvalue weighted by Crippen LogP contribution is -2.12. The Morgan fingerprint density at radius 1 is 1.10 bits per heavy atom. The fourth-order valence-corrected chi connectivity index (χ4v) is 1.81. The minimum atomic E-state index is 0.0395. The number of hydrogen-bond donors (Lipinski definition) is 2. The third kappa shape index (κ3) is 3.60. The summed E-state index contributed by atoms with van der Waals surface area (Å²) >= 11 is 0. The molecule has 5 heteroatoms. The molecule has 5 nitrogen and oxygen atoms in total. The molecule has 2 aromatic rings. The Labute approximate surface area is 119 Å². The van der Waals surface area contributed by atoms with Gasteiger partial charge in [-0.05, 0) is 50.6 Å². The summed E-state index contributed by atoms with van der Waals surface area (Å²) in [6.45, 7) is 5.96. The molecule has 0 aliphatic rings.